The first kappa shape index (κ1) is 15.8. The van der Waals surface area contributed by atoms with Gasteiger partial charge >= 0.3 is 0 Å². The number of nitrogens with one attached hydrogen (secondary N) is 1. The van der Waals surface area contributed by atoms with Crippen LogP contribution in [0.2, 0.25) is 0 Å². The highest BCUT2D eigenvalue weighted by Crippen LogP contribution is 2.27. The van der Waals surface area contributed by atoms with E-state index in [9.17, 15) is 4.79 Å². The van der Waals surface area contributed by atoms with Crippen LogP contribution in [0.4, 0.5) is 11.4 Å². The van der Waals surface area contributed by atoms with E-state index in [-0.39, 0.29) is 5.56 Å². The van der Waals surface area contributed by atoms with Crippen LogP contribution in [0.5, 0.6) is 0 Å². The van der Waals surface area contributed by atoms with E-state index in [1.165, 1.54) is 0 Å². The minimum atomic E-state index is -0.0728. The Balaban J connectivity index is 1.85. The third-order valence-electron chi connectivity index (χ3n) is 4.04. The molecule has 0 unspecified atom stereocenters. The van der Waals surface area contributed by atoms with Crippen LogP contribution < -0.4 is 10.9 Å². The van der Waals surface area contributed by atoms with Crippen LogP contribution in [0.1, 0.15) is 0 Å². The minimum absolute atomic E-state index is 0.0728. The molecule has 4 nitrogen and oxygen atoms in total. The molecule has 2 heterocycles. The van der Waals surface area contributed by atoms with Gasteiger partial charge in [-0.3, -0.25) is 14.3 Å². The molecule has 0 bridgehead atoms. The van der Waals surface area contributed by atoms with Gasteiger partial charge in [-0.05, 0) is 48.5 Å². The zero-order valence-corrected chi connectivity index (χ0v) is 14.0. The normalized spacial score (nSPS) is 10.5. The van der Waals surface area contributed by atoms with E-state index in [1.807, 2.05) is 72.8 Å². The van der Waals surface area contributed by atoms with Crippen molar-refractivity contribution in [1.82, 2.24) is 9.55 Å². The van der Waals surface area contributed by atoms with Gasteiger partial charge in [-0.25, -0.2) is 0 Å². The van der Waals surface area contributed by atoms with Crippen molar-refractivity contribution in [3.05, 3.63) is 108 Å². The first-order chi connectivity index (χ1) is 12.8. The molecule has 0 aliphatic heterocycles. The molecule has 0 saturated carbocycles. The Hall–Kier alpha value is -3.66. The Morgan fingerprint density at radius 3 is 2.35 bits per heavy atom. The van der Waals surface area contributed by atoms with Crippen molar-refractivity contribution in [3.8, 4) is 16.9 Å². The Morgan fingerprint density at radius 2 is 1.58 bits per heavy atom. The predicted octanol–water partition coefficient (Wildman–Crippen LogP) is 4.64. The number of benzene rings is 2. The highest BCUT2D eigenvalue weighted by Gasteiger charge is 2.07. The van der Waals surface area contributed by atoms with Gasteiger partial charge in [0.25, 0.3) is 5.56 Å². The van der Waals surface area contributed by atoms with Gasteiger partial charge in [0, 0.05) is 35.4 Å². The summed E-state index contributed by atoms with van der Waals surface area (Å²) in [6.07, 6.45) is 3.53. The fourth-order valence-corrected chi connectivity index (χ4v) is 2.83. The number of para-hydroxylation sites is 1. The summed E-state index contributed by atoms with van der Waals surface area (Å²) in [5.41, 5.74) is 4.39. The lowest BCUT2D eigenvalue weighted by molar-refractivity contribution is 0.991. The number of hydrogen-bond donors (Lipinski definition) is 1. The van der Waals surface area contributed by atoms with Crippen LogP contribution >= 0.6 is 0 Å². The molecule has 0 amide bonds. The van der Waals surface area contributed by atoms with Crippen molar-refractivity contribution >= 4 is 11.4 Å². The molecule has 0 fully saturated rings. The summed E-state index contributed by atoms with van der Waals surface area (Å²) in [5.74, 6) is 0. The molecule has 0 radical (unpaired) electrons. The zero-order valence-electron chi connectivity index (χ0n) is 14.0. The average Bonchev–Trinajstić information content (AvgIpc) is 2.69. The van der Waals surface area contributed by atoms with Crippen molar-refractivity contribution in [2.45, 2.75) is 0 Å². The molecule has 0 atom stereocenters. The van der Waals surface area contributed by atoms with Gasteiger partial charge in [-0.2, -0.15) is 0 Å². The second-order valence-corrected chi connectivity index (χ2v) is 5.88. The smallest absolute Gasteiger partial charge is 0.255 e. The van der Waals surface area contributed by atoms with Crippen molar-refractivity contribution in [3.63, 3.8) is 0 Å². The molecular formula is C22H17N3O. The van der Waals surface area contributed by atoms with E-state index in [4.69, 9.17) is 0 Å². The number of nitrogens with zero attached hydrogens (tertiary/aromatic N) is 2. The third-order valence-corrected chi connectivity index (χ3v) is 4.04. The maximum Gasteiger partial charge on any atom is 0.255 e. The summed E-state index contributed by atoms with van der Waals surface area (Å²) in [6.45, 7) is 0. The Morgan fingerprint density at radius 1 is 0.769 bits per heavy atom. The molecule has 0 aliphatic rings. The molecule has 0 spiro atoms. The molecule has 1 N–H and O–H groups in total. The van der Waals surface area contributed by atoms with E-state index in [0.717, 1.165) is 28.3 Å². The fourth-order valence-electron chi connectivity index (χ4n) is 2.83. The first-order valence-corrected chi connectivity index (χ1v) is 8.36. The van der Waals surface area contributed by atoms with E-state index in [1.54, 1.807) is 29.1 Å². The molecule has 4 rings (SSSR count). The van der Waals surface area contributed by atoms with Crippen molar-refractivity contribution in [2.24, 2.45) is 0 Å². The molecule has 4 aromatic rings. The first-order valence-electron chi connectivity index (χ1n) is 8.36. The van der Waals surface area contributed by atoms with Crippen LogP contribution in [-0.4, -0.2) is 9.55 Å². The predicted molar refractivity (Wildman–Crippen MR) is 105 cm³/mol. The number of hydrogen-bond acceptors (Lipinski definition) is 3. The van der Waals surface area contributed by atoms with E-state index >= 15 is 0 Å². The summed E-state index contributed by atoms with van der Waals surface area (Å²) in [4.78, 5) is 16.7. The maximum atomic E-state index is 12.3. The van der Waals surface area contributed by atoms with E-state index in [2.05, 4.69) is 10.3 Å². The van der Waals surface area contributed by atoms with Crippen molar-refractivity contribution in [2.75, 3.05) is 5.32 Å². The second-order valence-electron chi connectivity index (χ2n) is 5.88. The zero-order chi connectivity index (χ0) is 17.8. The third kappa shape index (κ3) is 3.39. The Bertz CT molecular complexity index is 1070. The highest BCUT2D eigenvalue weighted by atomic mass is 16.1. The van der Waals surface area contributed by atoms with Gasteiger partial charge in [-0.15, -0.1) is 0 Å². The fraction of sp³-hybridized carbons (Fsp3) is 0. The second kappa shape index (κ2) is 7.07. The quantitative estimate of drug-likeness (QED) is 0.589. The molecule has 0 aliphatic carbocycles. The van der Waals surface area contributed by atoms with Crippen LogP contribution in [0, 0.1) is 0 Å². The molecule has 26 heavy (non-hydrogen) atoms. The lowest BCUT2D eigenvalue weighted by Crippen LogP contribution is -2.15. The Kier molecular flexibility index (Phi) is 4.31. The monoisotopic (exact) mass is 339 g/mol. The van der Waals surface area contributed by atoms with Gasteiger partial charge in [0.05, 0.1) is 11.4 Å². The molecular weight excluding hydrogens is 322 g/mol. The number of pyridine rings is 2. The van der Waals surface area contributed by atoms with Gasteiger partial charge in [0.1, 0.15) is 0 Å². The van der Waals surface area contributed by atoms with Crippen LogP contribution in [0.15, 0.2) is 102 Å². The van der Waals surface area contributed by atoms with Crippen molar-refractivity contribution in [1.29, 1.82) is 0 Å². The number of rotatable bonds is 4. The van der Waals surface area contributed by atoms with Gasteiger partial charge in [-0.1, -0.05) is 30.3 Å². The molecule has 2 aromatic heterocycles. The van der Waals surface area contributed by atoms with Gasteiger partial charge in [0.2, 0.25) is 0 Å². The van der Waals surface area contributed by atoms with Crippen LogP contribution in [0.3, 0.4) is 0 Å². The lowest BCUT2D eigenvalue weighted by Gasteiger charge is -2.13. The van der Waals surface area contributed by atoms with Gasteiger partial charge in [0.15, 0.2) is 0 Å². The number of aromatic nitrogens is 2. The molecule has 126 valence electrons. The average molecular weight is 339 g/mol. The minimum Gasteiger partial charge on any atom is -0.355 e. The van der Waals surface area contributed by atoms with E-state index in [0.29, 0.717) is 0 Å². The summed E-state index contributed by atoms with van der Waals surface area (Å²) in [5, 5.41) is 3.40. The largest absolute Gasteiger partial charge is 0.355 e. The molecule has 2 aromatic carbocycles. The number of anilines is 2. The summed E-state index contributed by atoms with van der Waals surface area (Å²) >= 11 is 0. The highest BCUT2D eigenvalue weighted by molar-refractivity contribution is 5.72. The topological polar surface area (TPSA) is 46.9 Å². The van der Waals surface area contributed by atoms with E-state index < -0.39 is 0 Å². The van der Waals surface area contributed by atoms with Crippen LogP contribution in [-0.2, 0) is 0 Å². The standard InChI is InChI=1S/C22H17N3O/c26-22-11-5-7-13-25(22)20-15-17(21-10-4-6-12-23-21)14-19(16-20)24-18-8-2-1-3-9-18/h1-16,24H. The SMILES string of the molecule is O=c1ccccn1-c1cc(Nc2ccccc2)cc(-c2ccccn2)c1. The summed E-state index contributed by atoms with van der Waals surface area (Å²) < 4.78 is 1.63. The summed E-state index contributed by atoms with van der Waals surface area (Å²) in [6, 6.07) is 26.8. The molecule has 0 saturated heterocycles. The van der Waals surface area contributed by atoms with Crippen LogP contribution in [0.25, 0.3) is 16.9 Å². The maximum absolute atomic E-state index is 12.3. The lowest BCUT2D eigenvalue weighted by atomic mass is 10.1. The Labute approximate surface area is 151 Å². The summed E-state index contributed by atoms with van der Waals surface area (Å²) in [7, 11) is 0. The van der Waals surface area contributed by atoms with Gasteiger partial charge < -0.3 is 5.32 Å². The molecule has 4 heteroatoms. The van der Waals surface area contributed by atoms with Crippen molar-refractivity contribution < 1.29 is 0 Å².